The predicted molar refractivity (Wildman–Crippen MR) is 83.2 cm³/mol. The lowest BCUT2D eigenvalue weighted by molar-refractivity contribution is 0.0681. The highest BCUT2D eigenvalue weighted by Crippen LogP contribution is 2.38. The zero-order chi connectivity index (χ0) is 15.0. The predicted octanol–water partition coefficient (Wildman–Crippen LogP) is 1.08. The third-order valence-electron chi connectivity index (χ3n) is 5.33. The summed E-state index contributed by atoms with van der Waals surface area (Å²) in [6.07, 6.45) is 7.03. The Labute approximate surface area is 127 Å². The first-order valence-corrected chi connectivity index (χ1v) is 8.09. The van der Waals surface area contributed by atoms with Crippen molar-refractivity contribution in [1.82, 2.24) is 14.7 Å². The molecule has 2 amide bonds. The molecule has 6 nitrogen and oxygen atoms in total. The molecule has 1 saturated heterocycles. The number of hydrogen-bond acceptors (Lipinski definition) is 4. The Balaban J connectivity index is 1.70. The summed E-state index contributed by atoms with van der Waals surface area (Å²) in [6.45, 7) is 2.42. The van der Waals surface area contributed by atoms with E-state index in [1.54, 1.807) is 4.90 Å². The molecular formula is C15H27N5O. The summed E-state index contributed by atoms with van der Waals surface area (Å²) in [4.78, 5) is 22.7. The van der Waals surface area contributed by atoms with Crippen molar-refractivity contribution in [2.45, 2.75) is 50.1 Å². The van der Waals surface area contributed by atoms with Crippen LogP contribution in [0.4, 0.5) is 4.79 Å². The topological polar surface area (TPSA) is 65.2 Å². The molecule has 6 heteroatoms. The van der Waals surface area contributed by atoms with Gasteiger partial charge in [0.25, 0.3) is 0 Å². The summed E-state index contributed by atoms with van der Waals surface area (Å²) in [5, 5.41) is 0. The van der Waals surface area contributed by atoms with Crippen molar-refractivity contribution in [1.29, 1.82) is 0 Å². The first-order chi connectivity index (χ1) is 10.0. The molecule has 0 unspecified atom stereocenters. The van der Waals surface area contributed by atoms with Crippen molar-refractivity contribution in [3.8, 4) is 0 Å². The van der Waals surface area contributed by atoms with E-state index in [-0.39, 0.29) is 11.6 Å². The summed E-state index contributed by atoms with van der Waals surface area (Å²) < 4.78 is 0. The largest absolute Gasteiger partial charge is 0.370 e. The minimum atomic E-state index is 0.0716. The summed E-state index contributed by atoms with van der Waals surface area (Å²) >= 11 is 0. The van der Waals surface area contributed by atoms with Gasteiger partial charge in [-0.05, 0) is 25.7 Å². The van der Waals surface area contributed by atoms with Crippen molar-refractivity contribution in [2.75, 3.05) is 33.7 Å². The van der Waals surface area contributed by atoms with E-state index < -0.39 is 0 Å². The SMILES string of the molecule is CN(C)C(=O)N1CCC2(CC1)CN=C(N)N2C1CCCC1. The Morgan fingerprint density at radius 2 is 1.90 bits per heavy atom. The van der Waals surface area contributed by atoms with Crippen molar-refractivity contribution < 1.29 is 4.79 Å². The number of likely N-dealkylation sites (tertiary alicyclic amines) is 1. The summed E-state index contributed by atoms with van der Waals surface area (Å²) in [7, 11) is 3.63. The van der Waals surface area contributed by atoms with Crippen LogP contribution < -0.4 is 5.73 Å². The molecule has 3 rings (SSSR count). The second-order valence-corrected chi connectivity index (χ2v) is 6.87. The van der Waals surface area contributed by atoms with Gasteiger partial charge in [-0.2, -0.15) is 0 Å². The van der Waals surface area contributed by atoms with Crippen LogP contribution in [0.3, 0.4) is 0 Å². The fourth-order valence-electron chi connectivity index (χ4n) is 4.16. The smallest absolute Gasteiger partial charge is 0.319 e. The van der Waals surface area contributed by atoms with Gasteiger partial charge in [-0.3, -0.25) is 4.99 Å². The molecule has 118 valence electrons. The number of amides is 2. The third-order valence-corrected chi connectivity index (χ3v) is 5.33. The van der Waals surface area contributed by atoms with Crippen molar-refractivity contribution >= 4 is 12.0 Å². The highest BCUT2D eigenvalue weighted by molar-refractivity contribution is 5.81. The minimum Gasteiger partial charge on any atom is -0.370 e. The van der Waals surface area contributed by atoms with Crippen LogP contribution in [0.1, 0.15) is 38.5 Å². The first kappa shape index (κ1) is 14.5. The Bertz CT molecular complexity index is 433. The molecule has 0 atom stereocenters. The quantitative estimate of drug-likeness (QED) is 0.786. The van der Waals surface area contributed by atoms with E-state index >= 15 is 0 Å². The lowest BCUT2D eigenvalue weighted by Crippen LogP contribution is -2.61. The Morgan fingerprint density at radius 1 is 1.29 bits per heavy atom. The molecule has 0 aromatic heterocycles. The molecule has 0 aromatic carbocycles. The molecule has 2 heterocycles. The van der Waals surface area contributed by atoms with E-state index in [0.717, 1.165) is 38.4 Å². The lowest BCUT2D eigenvalue weighted by atomic mass is 9.85. The normalized spacial score (nSPS) is 25.5. The van der Waals surface area contributed by atoms with E-state index in [1.165, 1.54) is 25.7 Å². The number of rotatable bonds is 1. The third kappa shape index (κ3) is 2.45. The Morgan fingerprint density at radius 3 is 2.48 bits per heavy atom. The van der Waals surface area contributed by atoms with Gasteiger partial charge in [0.1, 0.15) is 0 Å². The second kappa shape index (κ2) is 5.39. The van der Waals surface area contributed by atoms with Gasteiger partial charge in [-0.1, -0.05) is 12.8 Å². The van der Waals surface area contributed by atoms with E-state index in [4.69, 9.17) is 5.73 Å². The molecular weight excluding hydrogens is 266 g/mol. The molecule has 3 aliphatic rings. The maximum absolute atomic E-state index is 12.1. The number of carbonyl (C=O) groups excluding carboxylic acids is 1. The lowest BCUT2D eigenvalue weighted by Gasteiger charge is -2.48. The van der Waals surface area contributed by atoms with E-state index in [9.17, 15) is 4.79 Å². The summed E-state index contributed by atoms with van der Waals surface area (Å²) in [5.74, 6) is 0.731. The number of aliphatic imine (C=N–C) groups is 1. The molecule has 1 saturated carbocycles. The molecule has 0 bridgehead atoms. The number of hydrogen-bond donors (Lipinski definition) is 1. The van der Waals surface area contributed by atoms with Gasteiger partial charge in [0.05, 0.1) is 12.1 Å². The molecule has 21 heavy (non-hydrogen) atoms. The fourth-order valence-corrected chi connectivity index (χ4v) is 4.16. The number of nitrogens with zero attached hydrogens (tertiary/aromatic N) is 4. The molecule has 0 aromatic rings. The molecule has 1 aliphatic carbocycles. The van der Waals surface area contributed by atoms with Crippen LogP contribution >= 0.6 is 0 Å². The van der Waals surface area contributed by atoms with Crippen LogP contribution in [-0.2, 0) is 0 Å². The number of guanidine groups is 1. The van der Waals surface area contributed by atoms with Gasteiger partial charge in [-0.15, -0.1) is 0 Å². The average Bonchev–Trinajstić information content (AvgIpc) is 3.08. The van der Waals surface area contributed by atoms with Crippen LogP contribution in [0.25, 0.3) is 0 Å². The molecule has 1 spiro atoms. The standard InChI is InChI=1S/C15H27N5O/c1-18(2)14(21)19-9-7-15(8-10-19)11-17-13(16)20(15)12-5-3-4-6-12/h12H,3-11H2,1-2H3,(H2,16,17). The van der Waals surface area contributed by atoms with Gasteiger partial charge in [-0.25, -0.2) is 4.79 Å². The van der Waals surface area contributed by atoms with E-state index in [0.29, 0.717) is 6.04 Å². The zero-order valence-electron chi connectivity index (χ0n) is 13.2. The fraction of sp³-hybridized carbons (Fsp3) is 0.867. The van der Waals surface area contributed by atoms with E-state index in [1.807, 2.05) is 19.0 Å². The average molecular weight is 293 g/mol. The minimum absolute atomic E-state index is 0.0716. The zero-order valence-corrected chi connectivity index (χ0v) is 13.2. The van der Waals surface area contributed by atoms with Crippen molar-refractivity contribution in [3.63, 3.8) is 0 Å². The van der Waals surface area contributed by atoms with Crippen molar-refractivity contribution in [2.24, 2.45) is 10.7 Å². The van der Waals surface area contributed by atoms with Gasteiger partial charge < -0.3 is 20.4 Å². The first-order valence-electron chi connectivity index (χ1n) is 8.09. The molecule has 2 aliphatic heterocycles. The van der Waals surface area contributed by atoms with Crippen LogP contribution in [0, 0.1) is 0 Å². The summed E-state index contributed by atoms with van der Waals surface area (Å²) in [5.41, 5.74) is 6.27. The van der Waals surface area contributed by atoms with Gasteiger partial charge in [0.2, 0.25) is 0 Å². The molecule has 2 fully saturated rings. The van der Waals surface area contributed by atoms with Crippen molar-refractivity contribution in [3.05, 3.63) is 0 Å². The highest BCUT2D eigenvalue weighted by atomic mass is 16.2. The van der Waals surface area contributed by atoms with Crippen LogP contribution in [-0.4, -0.2) is 72.0 Å². The number of piperidine rings is 1. The Hall–Kier alpha value is -1.46. The van der Waals surface area contributed by atoms with Crippen LogP contribution in [0.5, 0.6) is 0 Å². The number of nitrogens with two attached hydrogens (primary N) is 1. The molecule has 2 N–H and O–H groups in total. The van der Waals surface area contributed by atoms with Gasteiger partial charge in [0, 0.05) is 33.2 Å². The maximum atomic E-state index is 12.1. The number of urea groups is 1. The second-order valence-electron chi connectivity index (χ2n) is 6.87. The maximum Gasteiger partial charge on any atom is 0.319 e. The van der Waals surface area contributed by atoms with Crippen LogP contribution in [0.15, 0.2) is 4.99 Å². The van der Waals surface area contributed by atoms with Crippen LogP contribution in [0.2, 0.25) is 0 Å². The highest BCUT2D eigenvalue weighted by Gasteiger charge is 2.48. The monoisotopic (exact) mass is 293 g/mol. The number of carbonyl (C=O) groups is 1. The summed E-state index contributed by atoms with van der Waals surface area (Å²) in [6, 6.07) is 0.677. The van der Waals surface area contributed by atoms with Gasteiger partial charge in [0.15, 0.2) is 5.96 Å². The van der Waals surface area contributed by atoms with Gasteiger partial charge >= 0.3 is 6.03 Å². The molecule has 0 radical (unpaired) electrons. The van der Waals surface area contributed by atoms with E-state index in [2.05, 4.69) is 9.89 Å². The Kier molecular flexibility index (Phi) is 3.71.